The number of hydrogen-bond acceptors (Lipinski definition) is 6. The van der Waals surface area contributed by atoms with Crippen molar-refractivity contribution >= 4 is 29.3 Å². The molecule has 8 nitrogen and oxygen atoms in total. The van der Waals surface area contributed by atoms with Crippen LogP contribution in [0.5, 0.6) is 5.75 Å². The van der Waals surface area contributed by atoms with Crippen molar-refractivity contribution in [2.75, 3.05) is 31.3 Å². The van der Waals surface area contributed by atoms with E-state index in [0.717, 1.165) is 5.75 Å². The standard InChI is InChI=1S/C18H20N4O4S/c1-3-21(11-15(23)20-12-4-6-13(26-2)7-5-12)16(24)14-10-19-18-22(17(14)25)8-9-27-18/h4-7,10H,3,8-9,11H2,1-2H3,(H,20,23). The van der Waals surface area contributed by atoms with Gasteiger partial charge < -0.3 is 15.0 Å². The maximum absolute atomic E-state index is 12.7. The Bertz CT molecular complexity index is 911. The number of anilines is 1. The molecule has 1 aliphatic rings. The minimum atomic E-state index is -0.493. The summed E-state index contributed by atoms with van der Waals surface area (Å²) in [6, 6.07) is 6.88. The van der Waals surface area contributed by atoms with E-state index < -0.39 is 5.91 Å². The smallest absolute Gasteiger partial charge is 0.267 e. The van der Waals surface area contributed by atoms with Gasteiger partial charge in [-0.15, -0.1) is 0 Å². The molecule has 27 heavy (non-hydrogen) atoms. The van der Waals surface area contributed by atoms with E-state index in [1.807, 2.05) is 0 Å². The quantitative estimate of drug-likeness (QED) is 0.753. The molecule has 0 saturated carbocycles. The van der Waals surface area contributed by atoms with Crippen LogP contribution in [0, 0.1) is 0 Å². The molecule has 9 heteroatoms. The van der Waals surface area contributed by atoms with Gasteiger partial charge in [-0.1, -0.05) is 11.8 Å². The van der Waals surface area contributed by atoms with Gasteiger partial charge in [0.2, 0.25) is 5.91 Å². The largest absolute Gasteiger partial charge is 0.497 e. The highest BCUT2D eigenvalue weighted by molar-refractivity contribution is 7.99. The van der Waals surface area contributed by atoms with Gasteiger partial charge in [0.15, 0.2) is 5.16 Å². The second kappa shape index (κ2) is 8.26. The fraction of sp³-hybridized carbons (Fsp3) is 0.333. The van der Waals surface area contributed by atoms with Crippen LogP contribution in [0.3, 0.4) is 0 Å². The van der Waals surface area contributed by atoms with Gasteiger partial charge in [-0.05, 0) is 31.2 Å². The van der Waals surface area contributed by atoms with Crippen LogP contribution < -0.4 is 15.6 Å². The van der Waals surface area contributed by atoms with Gasteiger partial charge in [0, 0.05) is 30.7 Å². The number of carbonyl (C=O) groups is 2. The lowest BCUT2D eigenvalue weighted by molar-refractivity contribution is -0.116. The molecule has 1 aromatic heterocycles. The Balaban J connectivity index is 1.70. The van der Waals surface area contributed by atoms with E-state index in [1.54, 1.807) is 38.3 Å². The highest BCUT2D eigenvalue weighted by Crippen LogP contribution is 2.20. The van der Waals surface area contributed by atoms with Gasteiger partial charge in [0.25, 0.3) is 11.5 Å². The summed E-state index contributed by atoms with van der Waals surface area (Å²) in [5.74, 6) is 0.607. The Morgan fingerprint density at radius 3 is 2.74 bits per heavy atom. The molecule has 0 unspecified atom stereocenters. The second-order valence-corrected chi connectivity index (χ2v) is 6.92. The molecule has 0 radical (unpaired) electrons. The van der Waals surface area contributed by atoms with Crippen LogP contribution in [-0.2, 0) is 11.3 Å². The minimum Gasteiger partial charge on any atom is -0.497 e. The lowest BCUT2D eigenvalue weighted by Crippen LogP contribution is -2.41. The Morgan fingerprint density at radius 2 is 2.07 bits per heavy atom. The fourth-order valence-electron chi connectivity index (χ4n) is 2.71. The van der Waals surface area contributed by atoms with Gasteiger partial charge >= 0.3 is 0 Å². The highest BCUT2D eigenvalue weighted by Gasteiger charge is 2.24. The molecule has 0 bridgehead atoms. The zero-order valence-corrected chi connectivity index (χ0v) is 15.9. The Hall–Kier alpha value is -2.81. The van der Waals surface area contributed by atoms with E-state index in [2.05, 4.69) is 10.3 Å². The summed E-state index contributed by atoms with van der Waals surface area (Å²) in [7, 11) is 1.56. The first-order chi connectivity index (χ1) is 13.0. The summed E-state index contributed by atoms with van der Waals surface area (Å²) in [5, 5.41) is 3.35. The number of likely N-dealkylation sites (N-methyl/N-ethyl adjacent to an activating group) is 1. The molecule has 3 rings (SSSR count). The van der Waals surface area contributed by atoms with Crippen molar-refractivity contribution in [1.82, 2.24) is 14.5 Å². The molecule has 0 saturated heterocycles. The molecule has 1 aliphatic heterocycles. The van der Waals surface area contributed by atoms with Crippen LogP contribution in [0.15, 0.2) is 40.4 Å². The van der Waals surface area contributed by atoms with Crippen molar-refractivity contribution in [2.24, 2.45) is 0 Å². The number of aromatic nitrogens is 2. The number of amides is 2. The number of methoxy groups -OCH3 is 1. The number of fused-ring (bicyclic) bond motifs is 1. The van der Waals surface area contributed by atoms with Crippen molar-refractivity contribution in [3.63, 3.8) is 0 Å². The normalized spacial score (nSPS) is 12.4. The second-order valence-electron chi connectivity index (χ2n) is 5.86. The fourth-order valence-corrected chi connectivity index (χ4v) is 3.62. The first-order valence-electron chi connectivity index (χ1n) is 8.49. The molecule has 1 N–H and O–H groups in total. The maximum atomic E-state index is 12.7. The molecule has 0 fully saturated rings. The number of hydrogen-bond donors (Lipinski definition) is 1. The van der Waals surface area contributed by atoms with Crippen molar-refractivity contribution in [3.05, 3.63) is 46.4 Å². The highest BCUT2D eigenvalue weighted by atomic mass is 32.2. The van der Waals surface area contributed by atoms with Crippen LogP contribution in [-0.4, -0.2) is 52.2 Å². The lowest BCUT2D eigenvalue weighted by atomic mass is 10.2. The van der Waals surface area contributed by atoms with Gasteiger partial charge in [0.05, 0.1) is 7.11 Å². The number of ether oxygens (including phenoxy) is 1. The summed E-state index contributed by atoms with van der Waals surface area (Å²) >= 11 is 1.48. The molecule has 2 aromatic rings. The molecule has 0 atom stereocenters. The first kappa shape index (κ1) is 19.0. The maximum Gasteiger partial charge on any atom is 0.267 e. The number of nitrogens with one attached hydrogen (secondary N) is 1. The van der Waals surface area contributed by atoms with E-state index >= 15 is 0 Å². The Kier molecular flexibility index (Phi) is 5.80. The van der Waals surface area contributed by atoms with E-state index in [0.29, 0.717) is 29.7 Å². The van der Waals surface area contributed by atoms with E-state index in [4.69, 9.17) is 4.74 Å². The summed E-state index contributed by atoms with van der Waals surface area (Å²) in [4.78, 5) is 43.1. The SMILES string of the molecule is CCN(CC(=O)Nc1ccc(OC)cc1)C(=O)c1cnc2n(c1=O)CCS2. The van der Waals surface area contributed by atoms with Crippen molar-refractivity contribution in [2.45, 2.75) is 18.6 Å². The molecule has 0 spiro atoms. The third-order valence-electron chi connectivity index (χ3n) is 4.16. The number of nitrogens with zero attached hydrogens (tertiary/aromatic N) is 3. The van der Waals surface area contributed by atoms with E-state index in [-0.39, 0.29) is 23.6 Å². The number of carbonyl (C=O) groups excluding carboxylic acids is 2. The zero-order valence-electron chi connectivity index (χ0n) is 15.1. The summed E-state index contributed by atoms with van der Waals surface area (Å²) in [6.07, 6.45) is 1.30. The summed E-state index contributed by atoms with van der Waals surface area (Å²) in [6.45, 7) is 2.44. The number of thioether (sulfide) groups is 1. The van der Waals surface area contributed by atoms with Crippen molar-refractivity contribution in [3.8, 4) is 5.75 Å². The Morgan fingerprint density at radius 1 is 1.33 bits per heavy atom. The third kappa shape index (κ3) is 4.13. The average Bonchev–Trinajstić information content (AvgIpc) is 3.16. The lowest BCUT2D eigenvalue weighted by Gasteiger charge is -2.20. The van der Waals surface area contributed by atoms with Gasteiger partial charge in [0.1, 0.15) is 17.9 Å². The monoisotopic (exact) mass is 388 g/mol. The van der Waals surface area contributed by atoms with Gasteiger partial charge in [-0.3, -0.25) is 19.0 Å². The molecule has 2 amide bonds. The van der Waals surface area contributed by atoms with Crippen LogP contribution in [0.2, 0.25) is 0 Å². The molecular formula is C18H20N4O4S. The predicted octanol–water partition coefficient (Wildman–Crippen LogP) is 1.46. The first-order valence-corrected chi connectivity index (χ1v) is 9.48. The summed E-state index contributed by atoms with van der Waals surface area (Å²) < 4.78 is 6.58. The number of rotatable bonds is 6. The van der Waals surface area contributed by atoms with Crippen molar-refractivity contribution < 1.29 is 14.3 Å². The zero-order chi connectivity index (χ0) is 19.4. The van der Waals surface area contributed by atoms with Crippen LogP contribution in [0.25, 0.3) is 0 Å². The molecule has 2 heterocycles. The molecule has 0 aliphatic carbocycles. The van der Waals surface area contributed by atoms with E-state index in [1.165, 1.54) is 27.4 Å². The van der Waals surface area contributed by atoms with Crippen molar-refractivity contribution in [1.29, 1.82) is 0 Å². The third-order valence-corrected chi connectivity index (χ3v) is 5.13. The van der Waals surface area contributed by atoms with Crippen LogP contribution in [0.4, 0.5) is 5.69 Å². The van der Waals surface area contributed by atoms with Gasteiger partial charge in [-0.2, -0.15) is 0 Å². The van der Waals surface area contributed by atoms with Crippen LogP contribution in [0.1, 0.15) is 17.3 Å². The van der Waals surface area contributed by atoms with Gasteiger partial charge in [-0.25, -0.2) is 4.98 Å². The molecular weight excluding hydrogens is 368 g/mol. The average molecular weight is 388 g/mol. The summed E-state index contributed by atoms with van der Waals surface area (Å²) in [5.41, 5.74) is 0.227. The molecule has 1 aromatic carbocycles. The topological polar surface area (TPSA) is 93.5 Å². The Labute approximate surface area is 160 Å². The van der Waals surface area contributed by atoms with E-state index in [9.17, 15) is 14.4 Å². The predicted molar refractivity (Wildman–Crippen MR) is 102 cm³/mol. The minimum absolute atomic E-state index is 0.0136. The molecule has 142 valence electrons. The number of benzene rings is 1. The van der Waals surface area contributed by atoms with Crippen LogP contribution >= 0.6 is 11.8 Å².